The number of hydrogen-bond acceptors (Lipinski definition) is 4. The molecular weight excluding hydrogens is 426 g/mol. The second-order valence-corrected chi connectivity index (χ2v) is 10.3. The van der Waals surface area contributed by atoms with Gasteiger partial charge in [0.1, 0.15) is 0 Å². The van der Waals surface area contributed by atoms with E-state index in [4.69, 9.17) is 0 Å². The van der Waals surface area contributed by atoms with Crippen molar-refractivity contribution in [1.29, 1.82) is 0 Å². The number of anilines is 1. The van der Waals surface area contributed by atoms with Gasteiger partial charge in [-0.3, -0.25) is 4.79 Å². The summed E-state index contributed by atoms with van der Waals surface area (Å²) in [4.78, 5) is 32.0. The Hall–Kier alpha value is -2.12. The maximum Gasteiger partial charge on any atom is 0.321 e. The average Bonchev–Trinajstić information content (AvgIpc) is 2.88. The van der Waals surface area contributed by atoms with Gasteiger partial charge in [0.15, 0.2) is 0 Å². The molecule has 34 heavy (non-hydrogen) atoms. The first-order valence-corrected chi connectivity index (χ1v) is 13.5. The first kappa shape index (κ1) is 25.0. The second kappa shape index (κ2) is 13.1. The first-order valence-electron chi connectivity index (χ1n) is 13.5. The average molecular weight is 470 g/mol. The molecular formula is C27H43N5O2. The summed E-state index contributed by atoms with van der Waals surface area (Å²) in [5.41, 5.74) is 0.820. The number of carbonyl (C=O) groups is 2. The lowest BCUT2D eigenvalue weighted by molar-refractivity contribution is -0.122. The van der Waals surface area contributed by atoms with Gasteiger partial charge in [-0.25, -0.2) is 4.79 Å². The molecule has 0 atom stereocenters. The number of likely N-dealkylation sites (tertiary alicyclic amines) is 3. The molecule has 3 fully saturated rings. The molecule has 3 amide bonds. The van der Waals surface area contributed by atoms with Gasteiger partial charge in [0.2, 0.25) is 5.91 Å². The molecule has 0 spiro atoms. The summed E-state index contributed by atoms with van der Waals surface area (Å²) in [6.07, 6.45) is 10.1. The number of nitrogens with zero attached hydrogens (tertiary/aromatic N) is 3. The third kappa shape index (κ3) is 7.70. The van der Waals surface area contributed by atoms with Crippen LogP contribution < -0.4 is 10.6 Å². The highest BCUT2D eigenvalue weighted by Gasteiger charge is 2.26. The zero-order valence-corrected chi connectivity index (χ0v) is 20.7. The monoisotopic (exact) mass is 469 g/mol. The molecule has 3 heterocycles. The van der Waals surface area contributed by atoms with Crippen LogP contribution in [0.25, 0.3) is 0 Å². The fourth-order valence-electron chi connectivity index (χ4n) is 5.72. The van der Waals surface area contributed by atoms with Crippen molar-refractivity contribution in [1.82, 2.24) is 20.0 Å². The largest absolute Gasteiger partial charge is 0.356 e. The maximum absolute atomic E-state index is 12.4. The number of hydrogen-bond donors (Lipinski definition) is 2. The summed E-state index contributed by atoms with van der Waals surface area (Å²) < 4.78 is 0. The van der Waals surface area contributed by atoms with E-state index in [1.54, 1.807) is 0 Å². The van der Waals surface area contributed by atoms with E-state index in [1.807, 2.05) is 35.2 Å². The summed E-state index contributed by atoms with van der Waals surface area (Å²) in [5.74, 6) is 0.533. The van der Waals surface area contributed by atoms with Crippen LogP contribution in [0.2, 0.25) is 0 Å². The number of benzene rings is 1. The Bertz CT molecular complexity index is 752. The molecule has 1 aromatic carbocycles. The molecule has 188 valence electrons. The molecule has 0 aromatic heterocycles. The normalized spacial score (nSPS) is 21.4. The van der Waals surface area contributed by atoms with Crippen molar-refractivity contribution in [2.45, 2.75) is 63.8 Å². The van der Waals surface area contributed by atoms with E-state index in [-0.39, 0.29) is 11.9 Å². The number of nitrogens with one attached hydrogen (secondary N) is 2. The van der Waals surface area contributed by atoms with Crippen LogP contribution in [0, 0.1) is 5.92 Å². The minimum absolute atomic E-state index is 0.0472. The van der Waals surface area contributed by atoms with Gasteiger partial charge in [-0.2, -0.15) is 0 Å². The molecule has 0 bridgehead atoms. The van der Waals surface area contributed by atoms with Crippen LogP contribution in [0.15, 0.2) is 30.3 Å². The molecule has 7 heteroatoms. The Morgan fingerprint density at radius 2 is 1.56 bits per heavy atom. The fraction of sp³-hybridized carbons (Fsp3) is 0.704. The van der Waals surface area contributed by atoms with Crippen molar-refractivity contribution >= 4 is 17.6 Å². The molecule has 0 aliphatic carbocycles. The zero-order valence-electron chi connectivity index (χ0n) is 20.7. The number of carbonyl (C=O) groups excluding carboxylic acids is 2. The third-order valence-electron chi connectivity index (χ3n) is 7.84. The van der Waals surface area contributed by atoms with Crippen LogP contribution in [0.5, 0.6) is 0 Å². The zero-order chi connectivity index (χ0) is 23.6. The van der Waals surface area contributed by atoms with Gasteiger partial charge >= 0.3 is 6.03 Å². The SMILES string of the molecule is O=C(CC1CCN(C(=O)Nc2ccccc2)CC1)NCCCN1CCC(N2CCCCC2)CC1. The lowest BCUT2D eigenvalue weighted by atomic mass is 9.93. The van der Waals surface area contributed by atoms with E-state index in [9.17, 15) is 9.59 Å². The van der Waals surface area contributed by atoms with Gasteiger partial charge in [0.05, 0.1) is 0 Å². The van der Waals surface area contributed by atoms with Crippen molar-refractivity contribution in [2.24, 2.45) is 5.92 Å². The van der Waals surface area contributed by atoms with Gasteiger partial charge in [0.25, 0.3) is 0 Å². The number of urea groups is 1. The van der Waals surface area contributed by atoms with E-state index >= 15 is 0 Å². The Morgan fingerprint density at radius 3 is 2.26 bits per heavy atom. The number of amides is 3. The van der Waals surface area contributed by atoms with Crippen LogP contribution in [-0.2, 0) is 4.79 Å². The van der Waals surface area contributed by atoms with Crippen LogP contribution in [0.1, 0.15) is 57.8 Å². The topological polar surface area (TPSA) is 67.9 Å². The van der Waals surface area contributed by atoms with E-state index in [0.29, 0.717) is 25.4 Å². The van der Waals surface area contributed by atoms with Crippen LogP contribution in [0.3, 0.4) is 0 Å². The molecule has 7 nitrogen and oxygen atoms in total. The number of rotatable bonds is 8. The Kier molecular flexibility index (Phi) is 9.63. The van der Waals surface area contributed by atoms with Crippen LogP contribution >= 0.6 is 0 Å². The molecule has 4 rings (SSSR count). The smallest absolute Gasteiger partial charge is 0.321 e. The molecule has 0 unspecified atom stereocenters. The van der Waals surface area contributed by atoms with E-state index in [1.165, 1.54) is 58.3 Å². The van der Waals surface area contributed by atoms with Gasteiger partial charge in [-0.15, -0.1) is 0 Å². The summed E-state index contributed by atoms with van der Waals surface area (Å²) in [6.45, 7) is 8.28. The number of piperidine rings is 3. The summed E-state index contributed by atoms with van der Waals surface area (Å²) in [6, 6.07) is 10.3. The summed E-state index contributed by atoms with van der Waals surface area (Å²) in [7, 11) is 0. The first-order chi connectivity index (χ1) is 16.7. The second-order valence-electron chi connectivity index (χ2n) is 10.3. The molecule has 1 aromatic rings. The molecule has 3 saturated heterocycles. The lowest BCUT2D eigenvalue weighted by Crippen LogP contribution is -2.47. The summed E-state index contributed by atoms with van der Waals surface area (Å²) in [5, 5.41) is 6.08. The van der Waals surface area contributed by atoms with Crippen molar-refractivity contribution in [2.75, 3.05) is 57.7 Å². The predicted molar refractivity (Wildman–Crippen MR) is 137 cm³/mol. The summed E-state index contributed by atoms with van der Waals surface area (Å²) >= 11 is 0. The minimum atomic E-state index is -0.0472. The van der Waals surface area contributed by atoms with Crippen molar-refractivity contribution < 1.29 is 9.59 Å². The van der Waals surface area contributed by atoms with Crippen LogP contribution in [-0.4, -0.2) is 85.0 Å². The van der Waals surface area contributed by atoms with Crippen LogP contribution in [0.4, 0.5) is 10.5 Å². The molecule has 3 aliphatic heterocycles. The molecule has 0 saturated carbocycles. The molecule has 0 radical (unpaired) electrons. The third-order valence-corrected chi connectivity index (χ3v) is 7.84. The van der Waals surface area contributed by atoms with Crippen molar-refractivity contribution in [3.63, 3.8) is 0 Å². The highest BCUT2D eigenvalue weighted by molar-refractivity contribution is 5.89. The predicted octanol–water partition coefficient (Wildman–Crippen LogP) is 3.78. The maximum atomic E-state index is 12.4. The highest BCUT2D eigenvalue weighted by atomic mass is 16.2. The fourth-order valence-corrected chi connectivity index (χ4v) is 5.72. The Morgan fingerprint density at radius 1 is 0.853 bits per heavy atom. The van der Waals surface area contributed by atoms with Crippen molar-refractivity contribution in [3.05, 3.63) is 30.3 Å². The van der Waals surface area contributed by atoms with Gasteiger partial charge in [0, 0.05) is 37.8 Å². The van der Waals surface area contributed by atoms with E-state index < -0.39 is 0 Å². The van der Waals surface area contributed by atoms with Gasteiger partial charge in [-0.05, 0) is 95.7 Å². The Balaban J connectivity index is 1.04. The van der Waals surface area contributed by atoms with Gasteiger partial charge in [-0.1, -0.05) is 24.6 Å². The molecule has 2 N–H and O–H groups in total. The Labute approximate surface area is 205 Å². The number of para-hydroxylation sites is 1. The lowest BCUT2D eigenvalue weighted by Gasteiger charge is -2.40. The van der Waals surface area contributed by atoms with Gasteiger partial charge < -0.3 is 25.3 Å². The van der Waals surface area contributed by atoms with E-state index in [0.717, 1.165) is 44.1 Å². The standard InChI is InChI=1S/C27H43N5O2/c33-26(22-23-10-20-32(21-11-23)27(34)29-24-8-3-1-4-9-24)28-14-7-15-30-18-12-25(13-19-30)31-16-5-2-6-17-31/h1,3-4,8-9,23,25H,2,5-7,10-22H2,(H,28,33)(H,29,34). The van der Waals surface area contributed by atoms with Crippen molar-refractivity contribution in [3.8, 4) is 0 Å². The molecule has 3 aliphatic rings. The van der Waals surface area contributed by atoms with E-state index in [2.05, 4.69) is 20.4 Å². The quantitative estimate of drug-likeness (QED) is 0.569. The highest BCUT2D eigenvalue weighted by Crippen LogP contribution is 2.22. The minimum Gasteiger partial charge on any atom is -0.356 e.